The molecule has 0 radical (unpaired) electrons. The molecule has 0 fully saturated rings. The minimum Gasteiger partial charge on any atom is -0.452 e. The molecule has 5 heteroatoms. The van der Waals surface area contributed by atoms with Crippen molar-refractivity contribution in [2.75, 3.05) is 0 Å². The summed E-state index contributed by atoms with van der Waals surface area (Å²) < 4.78 is 10.6. The molecule has 53 heavy (non-hydrogen) atoms. The molecule has 0 amide bonds. The first-order valence-corrected chi connectivity index (χ1v) is 20.0. The van der Waals surface area contributed by atoms with E-state index in [4.69, 9.17) is 14.4 Å². The lowest BCUT2D eigenvalue weighted by Gasteiger charge is -2.23. The summed E-state index contributed by atoms with van der Waals surface area (Å²) in [6.07, 6.45) is 13.1. The summed E-state index contributed by atoms with van der Waals surface area (Å²) >= 11 is 3.85. The van der Waals surface area contributed by atoms with Gasteiger partial charge in [0.1, 0.15) is 23.1 Å². The lowest BCUT2D eigenvalue weighted by atomic mass is 9.82. The molecule has 0 N–H and O–H groups in total. The molecular weight excluding hydrogens is 685 g/mol. The van der Waals surface area contributed by atoms with Crippen molar-refractivity contribution < 1.29 is 4.42 Å². The van der Waals surface area contributed by atoms with Crippen LogP contribution in [0.2, 0.25) is 0 Å². The van der Waals surface area contributed by atoms with Crippen molar-refractivity contribution in [3.05, 3.63) is 149 Å². The molecule has 254 valence electrons. The van der Waals surface area contributed by atoms with E-state index in [2.05, 4.69) is 141 Å². The highest BCUT2D eigenvalue weighted by Gasteiger charge is 2.23. The van der Waals surface area contributed by atoms with Gasteiger partial charge in [-0.05, 0) is 81.8 Å². The average Bonchev–Trinajstić information content (AvgIpc) is 3.88. The molecule has 0 saturated heterocycles. The number of aromatic nitrogens is 2. The second kappa shape index (κ2) is 12.0. The number of allylic oxidation sites excluding steroid dienone is 5. The number of rotatable bonds is 4. The Kier molecular flexibility index (Phi) is 6.98. The van der Waals surface area contributed by atoms with Gasteiger partial charge in [-0.2, -0.15) is 0 Å². The molecule has 9 aromatic rings. The molecule has 2 atom stereocenters. The Morgan fingerprint density at radius 2 is 1.43 bits per heavy atom. The number of nitrogens with zero attached hydrogens (tertiary/aromatic N) is 2. The summed E-state index contributed by atoms with van der Waals surface area (Å²) in [6, 6.07) is 37.5. The molecule has 2 aliphatic carbocycles. The van der Waals surface area contributed by atoms with Crippen LogP contribution in [0.1, 0.15) is 41.8 Å². The normalized spacial score (nSPS) is 17.2. The van der Waals surface area contributed by atoms with Gasteiger partial charge in [0.15, 0.2) is 5.58 Å². The molecule has 0 aliphatic heterocycles. The van der Waals surface area contributed by atoms with Crippen LogP contribution in [-0.4, -0.2) is 9.97 Å². The number of furan rings is 1. The van der Waals surface area contributed by atoms with E-state index in [1.165, 1.54) is 74.1 Å². The monoisotopic (exact) mass is 718 g/mol. The van der Waals surface area contributed by atoms with E-state index in [-0.39, 0.29) is 0 Å². The van der Waals surface area contributed by atoms with Crippen LogP contribution in [-0.2, 0) is 6.42 Å². The number of benzene rings is 5. The van der Waals surface area contributed by atoms with Crippen molar-refractivity contribution in [3.63, 3.8) is 0 Å². The lowest BCUT2D eigenvalue weighted by Crippen LogP contribution is -2.04. The lowest BCUT2D eigenvalue weighted by molar-refractivity contribution is 0.667. The minimum atomic E-state index is 0.365. The van der Waals surface area contributed by atoms with E-state index in [9.17, 15) is 0 Å². The van der Waals surface area contributed by atoms with Crippen LogP contribution >= 0.6 is 22.7 Å². The highest BCUT2D eigenvalue weighted by molar-refractivity contribution is 7.26. The Morgan fingerprint density at radius 1 is 0.660 bits per heavy atom. The summed E-state index contributed by atoms with van der Waals surface area (Å²) in [5, 5.41) is 5.07. The third kappa shape index (κ3) is 4.91. The Balaban J connectivity index is 0.936. The zero-order chi connectivity index (χ0) is 35.2. The second-order valence-electron chi connectivity index (χ2n) is 14.7. The molecule has 4 aromatic heterocycles. The summed E-state index contributed by atoms with van der Waals surface area (Å²) in [6.45, 7) is 4.64. The molecule has 5 aromatic carbocycles. The van der Waals surface area contributed by atoms with E-state index in [1.807, 2.05) is 22.7 Å². The SMILES string of the molecule is CC1C=Cc2c(sc3c(-c4ccc(-c5ncnc6c5oc5ccc(C7=CC=C(c8cccc9c8sc8ccccc89)CC7C)cc56)cc4)cccc23)C1. The molecule has 2 unspecified atom stereocenters. The minimum absolute atomic E-state index is 0.365. The first-order chi connectivity index (χ1) is 26.1. The zero-order valence-corrected chi connectivity index (χ0v) is 31.0. The van der Waals surface area contributed by atoms with E-state index in [0.29, 0.717) is 11.8 Å². The van der Waals surface area contributed by atoms with Crippen LogP contribution in [0, 0.1) is 11.8 Å². The van der Waals surface area contributed by atoms with Crippen molar-refractivity contribution in [3.8, 4) is 22.4 Å². The summed E-state index contributed by atoms with van der Waals surface area (Å²) in [5.41, 5.74) is 13.4. The van der Waals surface area contributed by atoms with Gasteiger partial charge in [0.25, 0.3) is 0 Å². The predicted molar refractivity (Wildman–Crippen MR) is 227 cm³/mol. The third-order valence-corrected chi connectivity index (χ3v) is 13.8. The molecular formula is C48H34N2OS2. The van der Waals surface area contributed by atoms with Crippen LogP contribution in [0.4, 0.5) is 0 Å². The molecule has 4 heterocycles. The van der Waals surface area contributed by atoms with Crippen molar-refractivity contribution in [2.24, 2.45) is 11.8 Å². The van der Waals surface area contributed by atoms with Crippen molar-refractivity contribution in [1.82, 2.24) is 9.97 Å². The Morgan fingerprint density at radius 3 is 2.32 bits per heavy atom. The average molecular weight is 719 g/mol. The number of thiophene rings is 2. The fourth-order valence-electron chi connectivity index (χ4n) is 8.58. The van der Waals surface area contributed by atoms with Gasteiger partial charge in [-0.3, -0.25) is 0 Å². The smallest absolute Gasteiger partial charge is 0.180 e. The van der Waals surface area contributed by atoms with Gasteiger partial charge in [0.2, 0.25) is 0 Å². The maximum Gasteiger partial charge on any atom is 0.180 e. The molecule has 0 bridgehead atoms. The fraction of sp³-hybridized carbons (Fsp3) is 0.125. The first-order valence-electron chi connectivity index (χ1n) is 18.4. The summed E-state index contributed by atoms with van der Waals surface area (Å²) in [7, 11) is 0. The van der Waals surface area contributed by atoms with Gasteiger partial charge in [-0.1, -0.05) is 123 Å². The van der Waals surface area contributed by atoms with Crippen LogP contribution in [0.25, 0.3) is 91.9 Å². The summed E-state index contributed by atoms with van der Waals surface area (Å²) in [4.78, 5) is 11.0. The van der Waals surface area contributed by atoms with Crippen molar-refractivity contribution in [2.45, 2.75) is 26.7 Å². The van der Waals surface area contributed by atoms with E-state index < -0.39 is 0 Å². The van der Waals surface area contributed by atoms with E-state index in [1.54, 1.807) is 6.33 Å². The van der Waals surface area contributed by atoms with Crippen molar-refractivity contribution in [1.29, 1.82) is 0 Å². The van der Waals surface area contributed by atoms with Crippen molar-refractivity contribution >= 4 is 92.2 Å². The van der Waals surface area contributed by atoms with Gasteiger partial charge >= 0.3 is 0 Å². The van der Waals surface area contributed by atoms with Gasteiger partial charge < -0.3 is 4.42 Å². The molecule has 0 saturated carbocycles. The van der Waals surface area contributed by atoms with Gasteiger partial charge in [-0.15, -0.1) is 22.7 Å². The number of fused-ring (bicyclic) bond motifs is 9. The number of hydrogen-bond acceptors (Lipinski definition) is 5. The third-order valence-electron chi connectivity index (χ3n) is 11.3. The van der Waals surface area contributed by atoms with E-state index in [0.717, 1.165) is 46.2 Å². The quantitative estimate of drug-likeness (QED) is 0.182. The highest BCUT2D eigenvalue weighted by atomic mass is 32.1. The van der Waals surface area contributed by atoms with Gasteiger partial charge in [0.05, 0.1) is 0 Å². The Bertz CT molecular complexity index is 3040. The predicted octanol–water partition coefficient (Wildman–Crippen LogP) is 14.0. The van der Waals surface area contributed by atoms with Crippen LogP contribution in [0.15, 0.2) is 132 Å². The van der Waals surface area contributed by atoms with Crippen LogP contribution in [0.5, 0.6) is 0 Å². The van der Waals surface area contributed by atoms with Gasteiger partial charge in [-0.25, -0.2) is 9.97 Å². The zero-order valence-electron chi connectivity index (χ0n) is 29.4. The topological polar surface area (TPSA) is 38.9 Å². The maximum atomic E-state index is 6.52. The molecule has 11 rings (SSSR count). The first kappa shape index (κ1) is 31.0. The standard InChI is InChI=1S/C48H34N2OS2/c1-27-13-20-37-39-11-5-8-34(47(39)53-43(37)23-27)29-14-16-30(17-15-29)44-46-45(50-26-49-44)40-25-32(19-22-41(40)51-46)33-21-18-31(24-28(33)2)35-9-6-10-38-36-7-3-4-12-42(36)52-48(35)38/h3-22,25-28H,23-24H2,1-2H3. The maximum absolute atomic E-state index is 6.52. The molecule has 2 aliphatic rings. The van der Waals surface area contributed by atoms with Crippen LogP contribution in [0.3, 0.4) is 0 Å². The fourth-order valence-corrected chi connectivity index (χ4v) is 11.3. The Labute approximate surface area is 315 Å². The van der Waals surface area contributed by atoms with Crippen LogP contribution < -0.4 is 0 Å². The highest BCUT2D eigenvalue weighted by Crippen LogP contribution is 2.45. The Hall–Kier alpha value is -5.62. The largest absolute Gasteiger partial charge is 0.452 e. The second-order valence-corrected chi connectivity index (χ2v) is 16.8. The molecule has 0 spiro atoms. The molecule has 3 nitrogen and oxygen atoms in total. The van der Waals surface area contributed by atoms with Gasteiger partial charge in [0, 0.05) is 46.1 Å². The number of hydrogen-bond donors (Lipinski definition) is 0. The van der Waals surface area contributed by atoms with E-state index >= 15 is 0 Å². The summed E-state index contributed by atoms with van der Waals surface area (Å²) in [5.74, 6) is 0.954.